The fraction of sp³-hybridized carbons (Fsp3) is 0.409. The lowest BCUT2D eigenvalue weighted by Crippen LogP contribution is -2.39. The van der Waals surface area contributed by atoms with Gasteiger partial charge in [0.2, 0.25) is 5.89 Å². The molecule has 1 amide bonds. The van der Waals surface area contributed by atoms with E-state index >= 15 is 0 Å². The van der Waals surface area contributed by atoms with Gasteiger partial charge in [0.05, 0.1) is 6.20 Å². The molecule has 1 aliphatic heterocycles. The van der Waals surface area contributed by atoms with Gasteiger partial charge in [-0.2, -0.15) is 5.10 Å². The van der Waals surface area contributed by atoms with Gasteiger partial charge in [-0.25, -0.2) is 9.37 Å². The molecule has 1 aromatic carbocycles. The normalized spacial score (nSPS) is 17.1. The van der Waals surface area contributed by atoms with E-state index in [0.29, 0.717) is 30.3 Å². The molecular formula is C22H25FN4O2. The molecule has 1 atom stereocenters. The molecule has 7 heteroatoms. The van der Waals surface area contributed by atoms with Gasteiger partial charge in [0, 0.05) is 25.2 Å². The second kappa shape index (κ2) is 8.19. The average molecular weight is 396 g/mol. The molecule has 1 fully saturated rings. The maximum Gasteiger partial charge on any atom is 0.272 e. The van der Waals surface area contributed by atoms with Gasteiger partial charge in [-0.1, -0.05) is 12.1 Å². The summed E-state index contributed by atoms with van der Waals surface area (Å²) in [6.07, 6.45) is 6.70. The number of aromatic nitrogens is 3. The van der Waals surface area contributed by atoms with Crippen LogP contribution in [-0.4, -0.2) is 32.1 Å². The van der Waals surface area contributed by atoms with Gasteiger partial charge in [-0.3, -0.25) is 9.48 Å². The van der Waals surface area contributed by atoms with Gasteiger partial charge in [0.15, 0.2) is 0 Å². The zero-order valence-electron chi connectivity index (χ0n) is 16.7. The van der Waals surface area contributed by atoms with Crippen LogP contribution in [0.25, 0.3) is 0 Å². The van der Waals surface area contributed by atoms with Gasteiger partial charge in [-0.15, -0.1) is 0 Å². The summed E-state index contributed by atoms with van der Waals surface area (Å²) in [5, 5.41) is 4.29. The Kier molecular flexibility index (Phi) is 5.47. The van der Waals surface area contributed by atoms with Gasteiger partial charge in [0.25, 0.3) is 5.91 Å². The van der Waals surface area contributed by atoms with Crippen LogP contribution in [0.5, 0.6) is 0 Å². The highest BCUT2D eigenvalue weighted by Gasteiger charge is 2.33. The van der Waals surface area contributed by atoms with Crippen molar-refractivity contribution in [1.29, 1.82) is 0 Å². The smallest absolute Gasteiger partial charge is 0.272 e. The average Bonchev–Trinajstić information content (AvgIpc) is 3.39. The number of benzene rings is 1. The summed E-state index contributed by atoms with van der Waals surface area (Å²) in [5.74, 6) is 0.964. The van der Waals surface area contributed by atoms with Crippen LogP contribution in [-0.2, 0) is 6.42 Å². The van der Waals surface area contributed by atoms with Crippen LogP contribution in [0.3, 0.4) is 0 Å². The molecule has 2 aromatic heterocycles. The van der Waals surface area contributed by atoms with Crippen molar-refractivity contribution in [3.8, 4) is 0 Å². The third-order valence-electron chi connectivity index (χ3n) is 5.29. The first kappa shape index (κ1) is 19.4. The van der Waals surface area contributed by atoms with Crippen LogP contribution in [0.15, 0.2) is 47.1 Å². The van der Waals surface area contributed by atoms with Gasteiger partial charge < -0.3 is 9.32 Å². The number of carbonyl (C=O) groups is 1. The quantitative estimate of drug-likeness (QED) is 0.635. The van der Waals surface area contributed by atoms with E-state index in [4.69, 9.17) is 4.42 Å². The predicted octanol–water partition coefficient (Wildman–Crippen LogP) is 4.55. The Morgan fingerprint density at radius 2 is 2.03 bits per heavy atom. The molecule has 152 valence electrons. The molecule has 1 saturated heterocycles. The monoisotopic (exact) mass is 396 g/mol. The molecule has 3 aromatic rings. The van der Waals surface area contributed by atoms with E-state index in [1.807, 2.05) is 18.7 Å². The number of likely N-dealkylation sites (tertiary alicyclic amines) is 1. The zero-order chi connectivity index (χ0) is 20.4. The van der Waals surface area contributed by atoms with Crippen molar-refractivity contribution in [2.75, 3.05) is 6.54 Å². The van der Waals surface area contributed by atoms with E-state index in [0.717, 1.165) is 24.8 Å². The Balaban J connectivity index is 1.55. The Hall–Kier alpha value is -2.96. The second-order valence-corrected chi connectivity index (χ2v) is 7.73. The van der Waals surface area contributed by atoms with E-state index in [2.05, 4.69) is 10.1 Å². The molecule has 3 heterocycles. The largest absolute Gasteiger partial charge is 0.443 e. The highest BCUT2D eigenvalue weighted by Crippen LogP contribution is 2.32. The van der Waals surface area contributed by atoms with Crippen LogP contribution >= 0.6 is 0 Å². The summed E-state index contributed by atoms with van der Waals surface area (Å²) in [6, 6.07) is 8.04. The number of piperidine rings is 1. The zero-order valence-corrected chi connectivity index (χ0v) is 16.7. The minimum absolute atomic E-state index is 0.0424. The van der Waals surface area contributed by atoms with Crippen LogP contribution in [0, 0.1) is 5.82 Å². The third-order valence-corrected chi connectivity index (χ3v) is 5.29. The minimum atomic E-state index is -0.260. The number of oxazole rings is 1. The molecule has 0 bridgehead atoms. The second-order valence-electron chi connectivity index (χ2n) is 7.73. The SMILES string of the molecule is CC(C)n1nccc1C(=O)N1CCCC[C@@H]1c1ncc(Cc2ccc(F)cc2)o1. The van der Waals surface area contributed by atoms with E-state index in [9.17, 15) is 9.18 Å². The summed E-state index contributed by atoms with van der Waals surface area (Å²) >= 11 is 0. The topological polar surface area (TPSA) is 64.2 Å². The molecule has 6 nitrogen and oxygen atoms in total. The standard InChI is InChI=1S/C22H25FN4O2/c1-15(2)27-20(10-11-25-27)22(28)26-12-4-3-5-19(26)21-24-14-18(29-21)13-16-6-8-17(23)9-7-16/h6-11,14-15,19H,3-5,12-13H2,1-2H3/t19-/m1/s1. The number of hydrogen-bond donors (Lipinski definition) is 0. The van der Waals surface area contributed by atoms with Crippen LogP contribution in [0.4, 0.5) is 4.39 Å². The lowest BCUT2D eigenvalue weighted by Gasteiger charge is -2.34. The van der Waals surface area contributed by atoms with E-state index in [1.165, 1.54) is 12.1 Å². The fourth-order valence-corrected chi connectivity index (χ4v) is 3.84. The van der Waals surface area contributed by atoms with Gasteiger partial charge in [0.1, 0.15) is 23.3 Å². The maximum absolute atomic E-state index is 13.3. The van der Waals surface area contributed by atoms with E-state index < -0.39 is 0 Å². The fourth-order valence-electron chi connectivity index (χ4n) is 3.84. The van der Waals surface area contributed by atoms with Crippen molar-refractivity contribution in [2.24, 2.45) is 0 Å². The molecular weight excluding hydrogens is 371 g/mol. The number of hydrogen-bond acceptors (Lipinski definition) is 4. The van der Waals surface area contributed by atoms with Gasteiger partial charge in [-0.05, 0) is 56.9 Å². The lowest BCUT2D eigenvalue weighted by atomic mass is 10.0. The number of carbonyl (C=O) groups excluding carboxylic acids is 1. The van der Waals surface area contributed by atoms with Crippen molar-refractivity contribution in [2.45, 2.75) is 51.6 Å². The summed E-state index contributed by atoms with van der Waals surface area (Å²) in [4.78, 5) is 19.6. The Bertz CT molecular complexity index is 977. The van der Waals surface area contributed by atoms with E-state index in [1.54, 1.807) is 35.3 Å². The first-order chi connectivity index (χ1) is 14.0. The highest BCUT2D eigenvalue weighted by molar-refractivity contribution is 5.92. The summed E-state index contributed by atoms with van der Waals surface area (Å²) in [6.45, 7) is 4.68. The number of amides is 1. The van der Waals surface area contributed by atoms with Crippen molar-refractivity contribution in [3.63, 3.8) is 0 Å². The summed E-state index contributed by atoms with van der Waals surface area (Å²) in [7, 11) is 0. The van der Waals surface area contributed by atoms with Crippen molar-refractivity contribution >= 4 is 5.91 Å². The van der Waals surface area contributed by atoms with Crippen LogP contribution < -0.4 is 0 Å². The molecule has 4 rings (SSSR count). The molecule has 1 aliphatic rings. The maximum atomic E-state index is 13.3. The van der Waals surface area contributed by atoms with Gasteiger partial charge >= 0.3 is 0 Å². The molecule has 0 spiro atoms. The molecule has 0 N–H and O–H groups in total. The summed E-state index contributed by atoms with van der Waals surface area (Å²) in [5.41, 5.74) is 1.54. The van der Waals surface area contributed by atoms with Crippen molar-refractivity contribution in [3.05, 3.63) is 71.5 Å². The van der Waals surface area contributed by atoms with E-state index in [-0.39, 0.29) is 23.8 Å². The first-order valence-electron chi connectivity index (χ1n) is 10.1. The predicted molar refractivity (Wildman–Crippen MR) is 106 cm³/mol. The Morgan fingerprint density at radius 3 is 2.79 bits per heavy atom. The number of nitrogens with zero attached hydrogens (tertiary/aromatic N) is 4. The number of halogens is 1. The van der Waals surface area contributed by atoms with Crippen LogP contribution in [0.1, 0.15) is 72.9 Å². The van der Waals surface area contributed by atoms with Crippen molar-refractivity contribution < 1.29 is 13.6 Å². The Morgan fingerprint density at radius 1 is 1.24 bits per heavy atom. The molecule has 0 aliphatic carbocycles. The highest BCUT2D eigenvalue weighted by atomic mass is 19.1. The van der Waals surface area contributed by atoms with Crippen LogP contribution in [0.2, 0.25) is 0 Å². The molecule has 0 radical (unpaired) electrons. The minimum Gasteiger partial charge on any atom is -0.443 e. The molecule has 0 unspecified atom stereocenters. The number of rotatable bonds is 5. The van der Waals surface area contributed by atoms with Crippen molar-refractivity contribution in [1.82, 2.24) is 19.7 Å². The first-order valence-corrected chi connectivity index (χ1v) is 10.1. The Labute approximate surface area is 169 Å². The lowest BCUT2D eigenvalue weighted by molar-refractivity contribution is 0.0555. The third kappa shape index (κ3) is 4.09. The summed E-state index contributed by atoms with van der Waals surface area (Å²) < 4.78 is 20.9. The molecule has 29 heavy (non-hydrogen) atoms. The molecule has 0 saturated carbocycles.